The van der Waals surface area contributed by atoms with Crippen molar-refractivity contribution in [2.75, 3.05) is 5.32 Å². The summed E-state index contributed by atoms with van der Waals surface area (Å²) in [5.41, 5.74) is 3.87. The van der Waals surface area contributed by atoms with Crippen LogP contribution in [0.1, 0.15) is 26.3 Å². The molecule has 1 heterocycles. The van der Waals surface area contributed by atoms with Crippen LogP contribution in [0.15, 0.2) is 66.7 Å². The number of benzene rings is 3. The largest absolute Gasteiger partial charge is 0.354 e. The Morgan fingerprint density at radius 3 is 2.08 bits per heavy atom. The number of fused-ring (bicyclic) bond motifs is 3. The van der Waals surface area contributed by atoms with Gasteiger partial charge in [0.1, 0.15) is 0 Å². The molecular weight excluding hydrogens is 310 g/mol. The van der Waals surface area contributed by atoms with Crippen LogP contribution in [-0.2, 0) is 5.41 Å². The summed E-state index contributed by atoms with van der Waals surface area (Å²) >= 11 is 1.90. The minimum Gasteiger partial charge on any atom is -0.354 e. The Morgan fingerprint density at radius 2 is 1.38 bits per heavy atom. The number of para-hydroxylation sites is 1. The zero-order chi connectivity index (χ0) is 16.7. The van der Waals surface area contributed by atoms with Gasteiger partial charge in [-0.05, 0) is 29.2 Å². The smallest absolute Gasteiger partial charge is 0.0590 e. The van der Waals surface area contributed by atoms with Crippen molar-refractivity contribution in [3.8, 4) is 0 Å². The average molecular weight is 331 g/mol. The van der Waals surface area contributed by atoms with E-state index in [0.717, 1.165) is 5.69 Å². The van der Waals surface area contributed by atoms with Crippen LogP contribution in [0.4, 0.5) is 11.4 Å². The average Bonchev–Trinajstić information content (AvgIpc) is 2.95. The van der Waals surface area contributed by atoms with Gasteiger partial charge in [0.05, 0.1) is 10.4 Å². The monoisotopic (exact) mass is 331 g/mol. The zero-order valence-electron chi connectivity index (χ0n) is 14.3. The first kappa shape index (κ1) is 15.2. The lowest BCUT2D eigenvalue weighted by atomic mass is 9.86. The van der Waals surface area contributed by atoms with Gasteiger partial charge in [-0.2, -0.15) is 0 Å². The first-order chi connectivity index (χ1) is 11.5. The fourth-order valence-corrected chi connectivity index (χ4v) is 4.68. The van der Waals surface area contributed by atoms with E-state index in [0.29, 0.717) is 0 Å². The molecule has 0 fully saturated rings. The Kier molecular flexibility index (Phi) is 3.58. The molecule has 0 aliphatic heterocycles. The second kappa shape index (κ2) is 5.64. The van der Waals surface area contributed by atoms with Crippen LogP contribution in [0.2, 0.25) is 0 Å². The van der Waals surface area contributed by atoms with E-state index in [-0.39, 0.29) is 5.41 Å². The summed E-state index contributed by atoms with van der Waals surface area (Å²) in [5, 5.41) is 6.27. The lowest BCUT2D eigenvalue weighted by Crippen LogP contribution is -2.10. The van der Waals surface area contributed by atoms with Crippen molar-refractivity contribution in [3.63, 3.8) is 0 Å². The molecule has 4 aromatic rings. The molecule has 1 nitrogen and oxygen atoms in total. The predicted octanol–water partition coefficient (Wildman–Crippen LogP) is 7.10. The van der Waals surface area contributed by atoms with Crippen molar-refractivity contribution in [3.05, 3.63) is 72.3 Å². The van der Waals surface area contributed by atoms with Gasteiger partial charge in [-0.15, -0.1) is 11.3 Å². The van der Waals surface area contributed by atoms with E-state index < -0.39 is 0 Å². The summed E-state index contributed by atoms with van der Waals surface area (Å²) in [5.74, 6) is 0. The van der Waals surface area contributed by atoms with Gasteiger partial charge < -0.3 is 5.32 Å². The van der Waals surface area contributed by atoms with E-state index in [1.54, 1.807) is 0 Å². The van der Waals surface area contributed by atoms with Gasteiger partial charge in [0.25, 0.3) is 0 Å². The Morgan fingerprint density at radius 1 is 0.708 bits per heavy atom. The van der Waals surface area contributed by atoms with Crippen LogP contribution in [-0.4, -0.2) is 0 Å². The zero-order valence-corrected chi connectivity index (χ0v) is 15.1. The number of rotatable bonds is 2. The molecule has 120 valence electrons. The molecule has 0 atom stereocenters. The third-order valence-electron chi connectivity index (χ3n) is 4.39. The Labute approximate surface area is 147 Å². The second-order valence-corrected chi connectivity index (χ2v) is 8.23. The first-order valence-electron chi connectivity index (χ1n) is 8.31. The van der Waals surface area contributed by atoms with Gasteiger partial charge in [0.2, 0.25) is 0 Å². The molecular formula is C22H21NS. The van der Waals surface area contributed by atoms with Gasteiger partial charge in [-0.3, -0.25) is 0 Å². The normalized spacial score (nSPS) is 12.0. The quantitative estimate of drug-likeness (QED) is 0.413. The van der Waals surface area contributed by atoms with Crippen molar-refractivity contribution >= 4 is 42.9 Å². The fourth-order valence-electron chi connectivity index (χ4n) is 3.19. The molecule has 0 unspecified atom stereocenters. The van der Waals surface area contributed by atoms with E-state index in [1.807, 2.05) is 17.4 Å². The summed E-state index contributed by atoms with van der Waals surface area (Å²) in [6.45, 7) is 6.86. The highest BCUT2D eigenvalue weighted by Crippen LogP contribution is 2.43. The summed E-state index contributed by atoms with van der Waals surface area (Å²) in [7, 11) is 0. The highest BCUT2D eigenvalue weighted by atomic mass is 32.1. The van der Waals surface area contributed by atoms with Gasteiger partial charge in [0.15, 0.2) is 0 Å². The van der Waals surface area contributed by atoms with Crippen LogP contribution >= 0.6 is 11.3 Å². The highest BCUT2D eigenvalue weighted by Gasteiger charge is 2.19. The summed E-state index contributed by atoms with van der Waals surface area (Å²) < 4.78 is 2.73. The molecule has 0 radical (unpaired) electrons. The standard InChI is InChI=1S/C22H21NS/c1-22(2,3)18-13-7-11-16-17-12-8-14-19(21(17)24-20(16)18)23-15-9-5-4-6-10-15/h4-14,23H,1-3H3. The number of anilines is 2. The molecule has 24 heavy (non-hydrogen) atoms. The minimum atomic E-state index is 0.146. The topological polar surface area (TPSA) is 12.0 Å². The molecule has 4 rings (SSSR count). The predicted molar refractivity (Wildman–Crippen MR) is 108 cm³/mol. The van der Waals surface area contributed by atoms with Gasteiger partial charge in [0, 0.05) is 21.2 Å². The molecule has 3 aromatic carbocycles. The van der Waals surface area contributed by atoms with Crippen LogP contribution < -0.4 is 5.32 Å². The van der Waals surface area contributed by atoms with E-state index in [2.05, 4.69) is 86.8 Å². The van der Waals surface area contributed by atoms with E-state index >= 15 is 0 Å². The maximum Gasteiger partial charge on any atom is 0.0590 e. The van der Waals surface area contributed by atoms with Crippen molar-refractivity contribution in [2.45, 2.75) is 26.2 Å². The highest BCUT2D eigenvalue weighted by molar-refractivity contribution is 7.26. The molecule has 1 aromatic heterocycles. The molecule has 0 saturated carbocycles. The number of nitrogens with one attached hydrogen (secondary N) is 1. The van der Waals surface area contributed by atoms with Crippen LogP contribution in [0.25, 0.3) is 20.2 Å². The Hall–Kier alpha value is -2.32. The van der Waals surface area contributed by atoms with Crippen LogP contribution in [0.3, 0.4) is 0 Å². The van der Waals surface area contributed by atoms with E-state index in [1.165, 1.54) is 31.4 Å². The minimum absolute atomic E-state index is 0.146. The van der Waals surface area contributed by atoms with E-state index in [4.69, 9.17) is 0 Å². The van der Waals surface area contributed by atoms with Gasteiger partial charge in [-0.1, -0.05) is 69.3 Å². The third-order valence-corrected chi connectivity index (χ3v) is 5.67. The molecule has 1 N–H and O–H groups in total. The molecule has 2 heteroatoms. The summed E-state index contributed by atoms with van der Waals surface area (Å²) in [4.78, 5) is 0. The third kappa shape index (κ3) is 2.57. The molecule has 0 aliphatic carbocycles. The van der Waals surface area contributed by atoms with E-state index in [9.17, 15) is 0 Å². The van der Waals surface area contributed by atoms with Crippen molar-refractivity contribution in [1.29, 1.82) is 0 Å². The Balaban J connectivity index is 1.95. The van der Waals surface area contributed by atoms with Gasteiger partial charge in [-0.25, -0.2) is 0 Å². The second-order valence-electron chi connectivity index (χ2n) is 7.21. The van der Waals surface area contributed by atoms with Crippen LogP contribution in [0.5, 0.6) is 0 Å². The van der Waals surface area contributed by atoms with Crippen molar-refractivity contribution < 1.29 is 0 Å². The maximum absolute atomic E-state index is 3.58. The lowest BCUT2D eigenvalue weighted by molar-refractivity contribution is 0.597. The SMILES string of the molecule is CC(C)(C)c1cccc2c1sc1c(Nc3ccccc3)cccc12. The molecule has 0 bridgehead atoms. The lowest BCUT2D eigenvalue weighted by Gasteiger charge is -2.19. The number of thiophene rings is 1. The molecule has 0 saturated heterocycles. The molecule has 0 aliphatic rings. The summed E-state index contributed by atoms with van der Waals surface area (Å²) in [6.07, 6.45) is 0. The maximum atomic E-state index is 3.58. The fraction of sp³-hybridized carbons (Fsp3) is 0.182. The summed E-state index contributed by atoms with van der Waals surface area (Å²) in [6, 6.07) is 23.6. The van der Waals surface area contributed by atoms with Crippen LogP contribution in [0, 0.1) is 0 Å². The van der Waals surface area contributed by atoms with Gasteiger partial charge >= 0.3 is 0 Å². The molecule has 0 spiro atoms. The van der Waals surface area contributed by atoms with Crippen molar-refractivity contribution in [1.82, 2.24) is 0 Å². The first-order valence-corrected chi connectivity index (χ1v) is 9.12. The number of hydrogen-bond acceptors (Lipinski definition) is 2. The Bertz CT molecular complexity index is 1010. The number of hydrogen-bond donors (Lipinski definition) is 1. The van der Waals surface area contributed by atoms with Crippen molar-refractivity contribution in [2.24, 2.45) is 0 Å². The molecule has 0 amide bonds.